The average molecular weight is 272 g/mol. The van der Waals surface area contributed by atoms with E-state index in [0.717, 1.165) is 11.8 Å². The van der Waals surface area contributed by atoms with E-state index in [1.54, 1.807) is 6.92 Å². The van der Waals surface area contributed by atoms with Crippen molar-refractivity contribution in [3.63, 3.8) is 0 Å². The van der Waals surface area contributed by atoms with E-state index in [2.05, 4.69) is 0 Å². The van der Waals surface area contributed by atoms with Gasteiger partial charge in [-0.1, -0.05) is 30.3 Å². The van der Waals surface area contributed by atoms with E-state index < -0.39 is 10.1 Å². The van der Waals surface area contributed by atoms with E-state index >= 15 is 0 Å². The van der Waals surface area contributed by atoms with Crippen molar-refractivity contribution in [3.8, 4) is 0 Å². The third-order valence-corrected chi connectivity index (χ3v) is 3.06. The molecule has 0 heterocycles. The molecular weight excluding hydrogens is 252 g/mol. The molecule has 1 aromatic rings. The van der Waals surface area contributed by atoms with Gasteiger partial charge in [-0.3, -0.25) is 4.18 Å². The van der Waals surface area contributed by atoms with Gasteiger partial charge in [-0.15, -0.1) is 0 Å². The predicted octanol–water partition coefficient (Wildman–Crippen LogP) is 2.35. The maximum atomic E-state index is 10.9. The molecule has 102 valence electrons. The Bertz CT molecular complexity index is 441. The lowest BCUT2D eigenvalue weighted by molar-refractivity contribution is 0.0255. The Morgan fingerprint density at radius 3 is 2.28 bits per heavy atom. The maximum absolute atomic E-state index is 10.9. The van der Waals surface area contributed by atoms with Crippen LogP contribution in [0.2, 0.25) is 0 Å². The first-order chi connectivity index (χ1) is 8.37. The van der Waals surface area contributed by atoms with Crippen molar-refractivity contribution in [3.05, 3.63) is 35.9 Å². The molecule has 0 aliphatic carbocycles. The van der Waals surface area contributed by atoms with E-state index in [9.17, 15) is 8.42 Å². The van der Waals surface area contributed by atoms with Crippen molar-refractivity contribution in [2.75, 3.05) is 6.26 Å². The Hall–Kier alpha value is -0.910. The first kappa shape index (κ1) is 15.1. The van der Waals surface area contributed by atoms with Gasteiger partial charge in [-0.05, 0) is 19.4 Å². The predicted molar refractivity (Wildman–Crippen MR) is 70.7 cm³/mol. The van der Waals surface area contributed by atoms with Gasteiger partial charge in [0.1, 0.15) is 0 Å². The first-order valence-corrected chi connectivity index (χ1v) is 7.72. The molecule has 4 nitrogen and oxygen atoms in total. The second kappa shape index (κ2) is 6.87. The highest BCUT2D eigenvalue weighted by Crippen LogP contribution is 2.10. The van der Waals surface area contributed by atoms with Crippen LogP contribution in [0, 0.1) is 0 Å². The summed E-state index contributed by atoms with van der Waals surface area (Å²) in [5.74, 6) is 0. The van der Waals surface area contributed by atoms with Gasteiger partial charge in [-0.2, -0.15) is 8.42 Å². The minimum Gasteiger partial charge on any atom is -0.374 e. The average Bonchev–Trinajstić information content (AvgIpc) is 2.25. The van der Waals surface area contributed by atoms with Crippen LogP contribution >= 0.6 is 0 Å². The number of ether oxygens (including phenoxy) is 1. The van der Waals surface area contributed by atoms with Gasteiger partial charge in [0.15, 0.2) is 0 Å². The summed E-state index contributed by atoms with van der Waals surface area (Å²) in [6.45, 7) is 4.15. The van der Waals surface area contributed by atoms with Crippen molar-refractivity contribution in [2.45, 2.75) is 39.1 Å². The lowest BCUT2D eigenvalue weighted by Crippen LogP contribution is -2.21. The van der Waals surface area contributed by atoms with Crippen LogP contribution < -0.4 is 0 Å². The van der Waals surface area contributed by atoms with Gasteiger partial charge in [-0.25, -0.2) is 0 Å². The van der Waals surface area contributed by atoms with Crippen molar-refractivity contribution < 1.29 is 17.3 Å². The molecule has 0 N–H and O–H groups in total. The highest BCUT2D eigenvalue weighted by atomic mass is 32.2. The third-order valence-electron chi connectivity index (χ3n) is 2.38. The Morgan fingerprint density at radius 2 is 1.72 bits per heavy atom. The van der Waals surface area contributed by atoms with Crippen molar-refractivity contribution in [2.24, 2.45) is 0 Å². The Morgan fingerprint density at radius 1 is 1.11 bits per heavy atom. The Kier molecular flexibility index (Phi) is 5.78. The zero-order valence-electron chi connectivity index (χ0n) is 11.0. The topological polar surface area (TPSA) is 52.6 Å². The van der Waals surface area contributed by atoms with Crippen LogP contribution in [0.1, 0.15) is 25.8 Å². The molecular formula is C13H20O4S. The SMILES string of the molecule is C[C@H](C[C@H](C)OS(C)(=O)=O)OCc1ccccc1. The largest absolute Gasteiger partial charge is 0.374 e. The molecule has 0 aromatic heterocycles. The molecule has 0 saturated heterocycles. The number of rotatable bonds is 7. The fraction of sp³-hybridized carbons (Fsp3) is 0.538. The number of benzene rings is 1. The fourth-order valence-corrected chi connectivity index (χ4v) is 2.36. The summed E-state index contributed by atoms with van der Waals surface area (Å²) < 4.78 is 32.4. The minimum absolute atomic E-state index is 0.0537. The van der Waals surface area contributed by atoms with E-state index in [-0.39, 0.29) is 12.2 Å². The zero-order valence-corrected chi connectivity index (χ0v) is 11.8. The molecule has 2 atom stereocenters. The van der Waals surface area contributed by atoms with E-state index in [1.807, 2.05) is 37.3 Å². The van der Waals surface area contributed by atoms with Crippen LogP contribution in [0.4, 0.5) is 0 Å². The highest BCUT2D eigenvalue weighted by Gasteiger charge is 2.14. The van der Waals surface area contributed by atoms with Crippen molar-refractivity contribution >= 4 is 10.1 Å². The van der Waals surface area contributed by atoms with Gasteiger partial charge in [0, 0.05) is 6.42 Å². The third kappa shape index (κ3) is 6.74. The summed E-state index contributed by atoms with van der Waals surface area (Å²) in [7, 11) is -3.39. The summed E-state index contributed by atoms with van der Waals surface area (Å²) in [5, 5.41) is 0. The van der Waals surface area contributed by atoms with Crippen LogP contribution in [0.3, 0.4) is 0 Å². The van der Waals surface area contributed by atoms with Gasteiger partial charge in [0.05, 0.1) is 25.1 Å². The monoisotopic (exact) mass is 272 g/mol. The number of hydrogen-bond donors (Lipinski definition) is 0. The van der Waals surface area contributed by atoms with Crippen LogP contribution in [-0.2, 0) is 25.6 Å². The molecule has 0 fully saturated rings. The smallest absolute Gasteiger partial charge is 0.264 e. The lowest BCUT2D eigenvalue weighted by Gasteiger charge is -2.17. The standard InChI is InChI=1S/C13H20O4S/c1-11(9-12(2)17-18(3,14)15)16-10-13-7-5-4-6-8-13/h4-8,11-12H,9-10H2,1-3H3/t11-,12+/m1/s1. The molecule has 0 bridgehead atoms. The van der Waals surface area contributed by atoms with Crippen LogP contribution in [0.25, 0.3) is 0 Å². The van der Waals surface area contributed by atoms with E-state index in [1.165, 1.54) is 0 Å². The number of hydrogen-bond acceptors (Lipinski definition) is 4. The van der Waals surface area contributed by atoms with Crippen LogP contribution in [-0.4, -0.2) is 26.9 Å². The molecule has 0 spiro atoms. The maximum Gasteiger partial charge on any atom is 0.264 e. The normalized spacial score (nSPS) is 15.3. The van der Waals surface area contributed by atoms with Crippen LogP contribution in [0.5, 0.6) is 0 Å². The van der Waals surface area contributed by atoms with Gasteiger partial charge >= 0.3 is 0 Å². The summed E-state index contributed by atoms with van der Waals surface area (Å²) in [6.07, 6.45) is 1.17. The fourth-order valence-electron chi connectivity index (χ4n) is 1.69. The summed E-state index contributed by atoms with van der Waals surface area (Å²) in [5.41, 5.74) is 1.10. The van der Waals surface area contributed by atoms with Gasteiger partial charge in [0.25, 0.3) is 10.1 Å². The van der Waals surface area contributed by atoms with E-state index in [4.69, 9.17) is 8.92 Å². The molecule has 0 radical (unpaired) electrons. The second-order valence-corrected chi connectivity index (χ2v) is 6.05. The zero-order chi connectivity index (χ0) is 13.6. The molecule has 0 aliphatic heterocycles. The molecule has 1 aromatic carbocycles. The Labute approximate surface area is 109 Å². The Balaban J connectivity index is 2.31. The first-order valence-electron chi connectivity index (χ1n) is 5.90. The molecule has 0 aliphatic rings. The summed E-state index contributed by atoms with van der Waals surface area (Å²) in [4.78, 5) is 0. The summed E-state index contributed by atoms with van der Waals surface area (Å²) >= 11 is 0. The quantitative estimate of drug-likeness (QED) is 0.715. The van der Waals surface area contributed by atoms with Gasteiger partial charge in [0.2, 0.25) is 0 Å². The molecule has 18 heavy (non-hydrogen) atoms. The second-order valence-electron chi connectivity index (χ2n) is 4.45. The molecule has 0 unspecified atom stereocenters. The molecule has 0 saturated carbocycles. The highest BCUT2D eigenvalue weighted by molar-refractivity contribution is 7.86. The summed E-state index contributed by atoms with van der Waals surface area (Å²) in [6, 6.07) is 9.85. The lowest BCUT2D eigenvalue weighted by atomic mass is 10.2. The molecule has 1 rings (SSSR count). The minimum atomic E-state index is -3.39. The molecule has 5 heteroatoms. The van der Waals surface area contributed by atoms with E-state index in [0.29, 0.717) is 13.0 Å². The van der Waals surface area contributed by atoms with Crippen LogP contribution in [0.15, 0.2) is 30.3 Å². The van der Waals surface area contributed by atoms with Crippen molar-refractivity contribution in [1.29, 1.82) is 0 Å². The van der Waals surface area contributed by atoms with Gasteiger partial charge < -0.3 is 4.74 Å². The van der Waals surface area contributed by atoms with Crippen molar-refractivity contribution in [1.82, 2.24) is 0 Å². The molecule has 0 amide bonds.